The minimum absolute atomic E-state index is 0.0454. The lowest BCUT2D eigenvalue weighted by atomic mass is 10.2. The molecule has 2 aromatic rings. The number of carbonyl (C=O) groups is 2. The van der Waals surface area contributed by atoms with E-state index in [0.717, 1.165) is 38.1 Å². The Morgan fingerprint density at radius 3 is 2.70 bits per heavy atom. The molecule has 2 aliphatic rings. The van der Waals surface area contributed by atoms with Crippen LogP contribution >= 0.6 is 11.3 Å². The van der Waals surface area contributed by atoms with Gasteiger partial charge in [0.25, 0.3) is 5.91 Å². The highest BCUT2D eigenvalue weighted by molar-refractivity contribution is 7.12. The minimum Gasteiger partial charge on any atom is -0.467 e. The Morgan fingerprint density at radius 2 is 2.07 bits per heavy atom. The molecule has 2 amide bonds. The molecular weight excluding hydrogens is 364 g/mol. The summed E-state index contributed by atoms with van der Waals surface area (Å²) in [6.45, 7) is 1.79. The zero-order valence-corrected chi connectivity index (χ0v) is 16.0. The van der Waals surface area contributed by atoms with Gasteiger partial charge in [0.2, 0.25) is 5.91 Å². The van der Waals surface area contributed by atoms with Crippen LogP contribution in [0.3, 0.4) is 0 Å². The molecule has 1 saturated heterocycles. The minimum atomic E-state index is -0.0568. The maximum Gasteiger partial charge on any atom is 0.264 e. The Balaban J connectivity index is 1.46. The van der Waals surface area contributed by atoms with E-state index < -0.39 is 0 Å². The van der Waals surface area contributed by atoms with Crippen LogP contribution in [0.15, 0.2) is 40.3 Å². The third kappa shape index (κ3) is 4.59. The largest absolute Gasteiger partial charge is 0.467 e. The van der Waals surface area contributed by atoms with Gasteiger partial charge in [0.1, 0.15) is 12.3 Å². The first-order valence-electron chi connectivity index (χ1n) is 9.47. The molecule has 6 nitrogen and oxygen atoms in total. The second-order valence-electron chi connectivity index (χ2n) is 7.13. The second kappa shape index (κ2) is 8.27. The Hall–Kier alpha value is -2.12. The van der Waals surface area contributed by atoms with Crippen molar-refractivity contribution in [1.82, 2.24) is 9.80 Å². The number of nitrogens with zero attached hydrogens (tertiary/aromatic N) is 2. The molecule has 1 unspecified atom stereocenters. The van der Waals surface area contributed by atoms with Crippen molar-refractivity contribution in [3.8, 4) is 0 Å². The quantitative estimate of drug-likeness (QED) is 0.697. The Morgan fingerprint density at radius 1 is 1.19 bits per heavy atom. The van der Waals surface area contributed by atoms with E-state index in [9.17, 15) is 9.59 Å². The van der Waals surface area contributed by atoms with Gasteiger partial charge in [-0.1, -0.05) is 6.07 Å². The number of rotatable bonds is 8. The average molecular weight is 388 g/mol. The maximum absolute atomic E-state index is 13.1. The molecule has 0 radical (unpaired) electrons. The van der Waals surface area contributed by atoms with Crippen LogP contribution in [0.2, 0.25) is 0 Å². The fourth-order valence-electron chi connectivity index (χ4n) is 3.42. The number of furan rings is 1. The molecule has 1 aliphatic heterocycles. The molecule has 3 heterocycles. The molecule has 2 fully saturated rings. The van der Waals surface area contributed by atoms with Crippen LogP contribution in [0.1, 0.15) is 41.1 Å². The van der Waals surface area contributed by atoms with Crippen molar-refractivity contribution in [2.24, 2.45) is 0 Å². The Labute approximate surface area is 162 Å². The monoisotopic (exact) mass is 388 g/mol. The highest BCUT2D eigenvalue weighted by Crippen LogP contribution is 2.29. The van der Waals surface area contributed by atoms with Gasteiger partial charge in [-0.2, -0.15) is 0 Å². The lowest BCUT2D eigenvalue weighted by Gasteiger charge is -2.28. The van der Waals surface area contributed by atoms with Crippen molar-refractivity contribution in [2.45, 2.75) is 44.4 Å². The predicted molar refractivity (Wildman–Crippen MR) is 101 cm³/mol. The van der Waals surface area contributed by atoms with Gasteiger partial charge in [0.05, 0.1) is 23.8 Å². The summed E-state index contributed by atoms with van der Waals surface area (Å²) in [7, 11) is 0. The summed E-state index contributed by atoms with van der Waals surface area (Å²) >= 11 is 1.42. The van der Waals surface area contributed by atoms with Gasteiger partial charge in [0.15, 0.2) is 0 Å². The van der Waals surface area contributed by atoms with Gasteiger partial charge < -0.3 is 19.0 Å². The first kappa shape index (κ1) is 18.3. The van der Waals surface area contributed by atoms with Gasteiger partial charge >= 0.3 is 0 Å². The smallest absolute Gasteiger partial charge is 0.264 e. The number of amides is 2. The highest BCUT2D eigenvalue weighted by atomic mass is 32.1. The third-order valence-electron chi connectivity index (χ3n) is 5.01. The van der Waals surface area contributed by atoms with Gasteiger partial charge in [-0.05, 0) is 49.3 Å². The lowest BCUT2D eigenvalue weighted by molar-refractivity contribution is -0.134. The topological polar surface area (TPSA) is 63.0 Å². The summed E-state index contributed by atoms with van der Waals surface area (Å²) in [5, 5.41) is 1.89. The van der Waals surface area contributed by atoms with Crippen molar-refractivity contribution >= 4 is 23.2 Å². The second-order valence-corrected chi connectivity index (χ2v) is 8.08. The first-order valence-corrected chi connectivity index (χ1v) is 10.3. The van der Waals surface area contributed by atoms with Gasteiger partial charge in [-0.15, -0.1) is 11.3 Å². The van der Waals surface area contributed by atoms with E-state index in [1.807, 2.05) is 29.6 Å². The van der Waals surface area contributed by atoms with Crippen LogP contribution in [0, 0.1) is 0 Å². The van der Waals surface area contributed by atoms with Crippen LogP contribution in [-0.2, 0) is 16.1 Å². The number of hydrogen-bond donors (Lipinski definition) is 0. The molecule has 27 heavy (non-hydrogen) atoms. The Kier molecular flexibility index (Phi) is 5.59. The van der Waals surface area contributed by atoms with E-state index in [-0.39, 0.29) is 30.5 Å². The van der Waals surface area contributed by atoms with Crippen LogP contribution in [0.25, 0.3) is 0 Å². The van der Waals surface area contributed by atoms with Gasteiger partial charge in [-0.25, -0.2) is 0 Å². The maximum atomic E-state index is 13.1. The first-order chi connectivity index (χ1) is 13.2. The van der Waals surface area contributed by atoms with E-state index in [4.69, 9.17) is 9.15 Å². The average Bonchev–Trinajstić information content (AvgIpc) is 3.13. The van der Waals surface area contributed by atoms with Crippen LogP contribution in [0.4, 0.5) is 0 Å². The molecule has 0 bridgehead atoms. The molecule has 2 aromatic heterocycles. The van der Waals surface area contributed by atoms with Crippen LogP contribution in [0.5, 0.6) is 0 Å². The van der Waals surface area contributed by atoms with E-state index in [2.05, 4.69) is 0 Å². The van der Waals surface area contributed by atoms with E-state index in [0.29, 0.717) is 18.0 Å². The van der Waals surface area contributed by atoms with Crippen LogP contribution < -0.4 is 0 Å². The molecular formula is C20H24N2O4S. The molecule has 0 aromatic carbocycles. The molecule has 1 saturated carbocycles. The Bertz CT molecular complexity index is 749. The zero-order chi connectivity index (χ0) is 18.6. The molecule has 1 aliphatic carbocycles. The predicted octanol–water partition coefficient (Wildman–Crippen LogP) is 3.15. The van der Waals surface area contributed by atoms with Crippen LogP contribution in [-0.4, -0.2) is 53.5 Å². The van der Waals surface area contributed by atoms with Crippen molar-refractivity contribution < 1.29 is 18.7 Å². The molecule has 7 heteroatoms. The standard InChI is InChI=1S/C20H24N2O4S/c23-19(14-22(15-7-8-15)20(24)18-6-3-11-27-18)21(12-16-4-1-9-25-16)13-17-5-2-10-26-17/h1,3-4,6,9,11,15,17H,2,5,7-8,10,12-14H2. The summed E-state index contributed by atoms with van der Waals surface area (Å²) in [5.74, 6) is 0.638. The molecule has 144 valence electrons. The molecule has 0 N–H and O–H groups in total. The lowest BCUT2D eigenvalue weighted by Crippen LogP contribution is -2.45. The summed E-state index contributed by atoms with van der Waals surface area (Å²) in [6, 6.07) is 7.55. The van der Waals surface area contributed by atoms with Crippen molar-refractivity contribution in [3.05, 3.63) is 46.5 Å². The molecule has 1 atom stereocenters. The number of ether oxygens (including phenoxy) is 1. The number of hydrogen-bond acceptors (Lipinski definition) is 5. The van der Waals surface area contributed by atoms with Crippen molar-refractivity contribution in [2.75, 3.05) is 19.7 Å². The van der Waals surface area contributed by atoms with E-state index in [1.165, 1.54) is 11.3 Å². The fraction of sp³-hybridized carbons (Fsp3) is 0.500. The summed E-state index contributed by atoms with van der Waals surface area (Å²) in [5.41, 5.74) is 0. The summed E-state index contributed by atoms with van der Waals surface area (Å²) in [6.07, 6.45) is 5.59. The SMILES string of the molecule is O=C(CN(C(=O)c1cccs1)C1CC1)N(Cc1ccco1)CC1CCCO1. The van der Waals surface area contributed by atoms with Crippen molar-refractivity contribution in [3.63, 3.8) is 0 Å². The third-order valence-corrected chi connectivity index (χ3v) is 5.87. The fourth-order valence-corrected chi connectivity index (χ4v) is 4.10. The summed E-state index contributed by atoms with van der Waals surface area (Å²) in [4.78, 5) is 30.1. The van der Waals surface area contributed by atoms with Gasteiger partial charge in [0, 0.05) is 19.2 Å². The number of carbonyl (C=O) groups excluding carboxylic acids is 2. The summed E-state index contributed by atoms with van der Waals surface area (Å²) < 4.78 is 11.2. The normalized spacial score (nSPS) is 19.2. The zero-order valence-electron chi connectivity index (χ0n) is 15.2. The van der Waals surface area contributed by atoms with Gasteiger partial charge in [-0.3, -0.25) is 9.59 Å². The van der Waals surface area contributed by atoms with E-state index >= 15 is 0 Å². The van der Waals surface area contributed by atoms with Crippen molar-refractivity contribution in [1.29, 1.82) is 0 Å². The highest BCUT2D eigenvalue weighted by Gasteiger charge is 2.36. The van der Waals surface area contributed by atoms with E-state index in [1.54, 1.807) is 16.1 Å². The molecule has 4 rings (SSSR count). The molecule has 0 spiro atoms. The number of thiophene rings is 1.